The lowest BCUT2D eigenvalue weighted by Crippen LogP contribution is -2.13. The average molecular weight is 671 g/mol. The van der Waals surface area contributed by atoms with Crippen LogP contribution >= 0.6 is 0 Å². The monoisotopic (exact) mass is 670 g/mol. The van der Waals surface area contributed by atoms with Crippen LogP contribution in [-0.2, 0) is 9.59 Å². The molecule has 0 saturated carbocycles. The van der Waals surface area contributed by atoms with Crippen LogP contribution in [-0.4, -0.2) is 47.8 Å². The van der Waals surface area contributed by atoms with E-state index in [1.165, 1.54) is 36.4 Å². The van der Waals surface area contributed by atoms with Crippen LogP contribution in [0.15, 0.2) is 92.0 Å². The normalized spacial score (nSPS) is 10.4. The maximum atomic E-state index is 12.8. The molecule has 10 nitrogen and oxygen atoms in total. The van der Waals surface area contributed by atoms with E-state index in [0.29, 0.717) is 37.6 Å². The van der Waals surface area contributed by atoms with Crippen LogP contribution in [0.1, 0.15) is 95.3 Å². The molecule has 3 aromatic carbocycles. The molecule has 3 aromatic rings. The van der Waals surface area contributed by atoms with Crippen molar-refractivity contribution in [2.24, 2.45) is 0 Å². The van der Waals surface area contributed by atoms with Gasteiger partial charge in [0.05, 0.1) is 24.3 Å². The minimum absolute atomic E-state index is 0.0379. The highest BCUT2D eigenvalue weighted by Gasteiger charge is 2.19. The van der Waals surface area contributed by atoms with Gasteiger partial charge in [0, 0.05) is 12.8 Å². The summed E-state index contributed by atoms with van der Waals surface area (Å²) in [6.07, 6.45) is 10.7. The second kappa shape index (κ2) is 20.7. The zero-order valence-electron chi connectivity index (χ0n) is 27.5. The highest BCUT2D eigenvalue weighted by Crippen LogP contribution is 2.27. The van der Waals surface area contributed by atoms with Crippen LogP contribution in [0.2, 0.25) is 0 Å². The average Bonchev–Trinajstić information content (AvgIpc) is 3.11. The maximum Gasteiger partial charge on any atom is 0.343 e. The molecule has 0 amide bonds. The number of ketones is 2. The summed E-state index contributed by atoms with van der Waals surface area (Å²) in [7, 11) is 0. The first-order valence-corrected chi connectivity index (χ1v) is 16.3. The lowest BCUT2D eigenvalue weighted by molar-refractivity contribution is -0.115. The number of unbranched alkanes of at least 4 members (excludes halogenated alkanes) is 6. The van der Waals surface area contributed by atoms with Gasteiger partial charge >= 0.3 is 17.9 Å². The van der Waals surface area contributed by atoms with Crippen molar-refractivity contribution in [1.29, 1.82) is 0 Å². The molecule has 1 N–H and O–H groups in total. The molecule has 49 heavy (non-hydrogen) atoms. The summed E-state index contributed by atoms with van der Waals surface area (Å²) >= 11 is 0. The van der Waals surface area contributed by atoms with Gasteiger partial charge < -0.3 is 24.1 Å². The molecule has 0 aliphatic heterocycles. The van der Waals surface area contributed by atoms with Gasteiger partial charge in [-0.2, -0.15) is 0 Å². The van der Waals surface area contributed by atoms with E-state index in [-0.39, 0.29) is 39.8 Å². The quantitative estimate of drug-likeness (QED) is 0.0456. The first kappa shape index (κ1) is 37.9. The summed E-state index contributed by atoms with van der Waals surface area (Å²) < 4.78 is 22.2. The SMILES string of the molecule is C=CC(=O)CCCCCCOc1ccc(C(=O)Oc2ccc(OC(=O)c3ccc(OCCCCCCC(=O)C=C)cc3)c(C(=O)O)c2)cc1. The third kappa shape index (κ3) is 13.6. The Morgan fingerprint density at radius 2 is 0.980 bits per heavy atom. The molecule has 10 heteroatoms. The predicted octanol–water partition coefficient (Wildman–Crippen LogP) is 7.99. The van der Waals surface area contributed by atoms with Crippen LogP contribution in [0.5, 0.6) is 23.0 Å². The highest BCUT2D eigenvalue weighted by molar-refractivity contribution is 5.96. The van der Waals surface area contributed by atoms with Crippen molar-refractivity contribution in [2.45, 2.75) is 64.2 Å². The van der Waals surface area contributed by atoms with Gasteiger partial charge in [0.1, 0.15) is 28.6 Å². The van der Waals surface area contributed by atoms with E-state index in [1.54, 1.807) is 36.4 Å². The van der Waals surface area contributed by atoms with Crippen LogP contribution in [0.4, 0.5) is 0 Å². The fourth-order valence-corrected chi connectivity index (χ4v) is 4.62. The number of hydrogen-bond acceptors (Lipinski definition) is 9. The van der Waals surface area contributed by atoms with Gasteiger partial charge in [-0.1, -0.05) is 38.8 Å². The van der Waals surface area contributed by atoms with Crippen molar-refractivity contribution in [3.05, 3.63) is 109 Å². The van der Waals surface area contributed by atoms with Crippen molar-refractivity contribution in [3.63, 3.8) is 0 Å². The number of carboxylic acids is 1. The summed E-state index contributed by atoms with van der Waals surface area (Å²) in [6, 6.07) is 16.3. The number of esters is 2. The molecule has 0 fully saturated rings. The molecule has 0 unspecified atom stereocenters. The van der Waals surface area contributed by atoms with Crippen molar-refractivity contribution in [1.82, 2.24) is 0 Å². The molecule has 3 rings (SSSR count). The fourth-order valence-electron chi connectivity index (χ4n) is 4.62. The van der Waals surface area contributed by atoms with Gasteiger partial charge in [-0.3, -0.25) is 9.59 Å². The Morgan fingerprint density at radius 3 is 1.43 bits per heavy atom. The number of ether oxygens (including phenoxy) is 4. The Bertz CT molecular complexity index is 1590. The molecule has 0 aliphatic carbocycles. The van der Waals surface area contributed by atoms with Gasteiger partial charge in [0.15, 0.2) is 11.6 Å². The third-order valence-corrected chi connectivity index (χ3v) is 7.40. The zero-order valence-corrected chi connectivity index (χ0v) is 27.5. The number of carbonyl (C=O) groups excluding carboxylic acids is 4. The van der Waals surface area contributed by atoms with Gasteiger partial charge in [-0.05, 0) is 105 Å². The van der Waals surface area contributed by atoms with Crippen LogP contribution in [0.3, 0.4) is 0 Å². The summed E-state index contributed by atoms with van der Waals surface area (Å²) in [5, 5.41) is 9.74. The summed E-state index contributed by atoms with van der Waals surface area (Å²) in [6.45, 7) is 7.91. The first-order chi connectivity index (χ1) is 23.7. The highest BCUT2D eigenvalue weighted by atomic mass is 16.5. The minimum Gasteiger partial charge on any atom is -0.494 e. The first-order valence-electron chi connectivity index (χ1n) is 16.3. The van der Waals surface area contributed by atoms with Crippen LogP contribution in [0.25, 0.3) is 0 Å². The van der Waals surface area contributed by atoms with E-state index in [0.717, 1.165) is 57.4 Å². The smallest absolute Gasteiger partial charge is 0.343 e. The van der Waals surface area contributed by atoms with Crippen molar-refractivity contribution in [2.75, 3.05) is 13.2 Å². The summed E-state index contributed by atoms with van der Waals surface area (Å²) in [5.41, 5.74) is 0.0648. The molecule has 0 spiro atoms. The number of benzene rings is 3. The molecule has 0 bridgehead atoms. The number of rotatable bonds is 23. The summed E-state index contributed by atoms with van der Waals surface area (Å²) in [5.74, 6) is -1.84. The molecule has 0 aliphatic rings. The third-order valence-electron chi connectivity index (χ3n) is 7.40. The molecule has 0 atom stereocenters. The topological polar surface area (TPSA) is 142 Å². The van der Waals surface area contributed by atoms with Crippen molar-refractivity contribution >= 4 is 29.5 Å². The molecule has 0 aromatic heterocycles. The van der Waals surface area contributed by atoms with Gasteiger partial charge in [0.25, 0.3) is 0 Å². The molecule has 0 radical (unpaired) electrons. The molecular weight excluding hydrogens is 628 g/mol. The fraction of sp³-hybridized carbons (Fsp3) is 0.308. The Hall–Kier alpha value is -5.51. The van der Waals surface area contributed by atoms with E-state index in [9.17, 15) is 29.1 Å². The van der Waals surface area contributed by atoms with E-state index in [1.807, 2.05) is 0 Å². The number of allylic oxidation sites excluding steroid dienone is 2. The Morgan fingerprint density at radius 1 is 0.551 bits per heavy atom. The second-order valence-corrected chi connectivity index (χ2v) is 11.2. The Labute approximate surface area is 286 Å². The molecule has 0 saturated heterocycles. The van der Waals surface area contributed by atoms with Crippen LogP contribution in [0, 0.1) is 0 Å². The zero-order chi connectivity index (χ0) is 35.4. The second-order valence-electron chi connectivity index (χ2n) is 11.2. The predicted molar refractivity (Wildman–Crippen MR) is 184 cm³/mol. The minimum atomic E-state index is -1.37. The summed E-state index contributed by atoms with van der Waals surface area (Å²) in [4.78, 5) is 59.9. The Balaban J connectivity index is 1.46. The van der Waals surface area contributed by atoms with Gasteiger partial charge in [0.2, 0.25) is 0 Å². The van der Waals surface area contributed by atoms with Gasteiger partial charge in [-0.25, -0.2) is 14.4 Å². The lowest BCUT2D eigenvalue weighted by Gasteiger charge is -2.11. The van der Waals surface area contributed by atoms with E-state index in [2.05, 4.69) is 13.2 Å². The number of carboxylic acid groups (broad SMARTS) is 1. The Kier molecular flexibility index (Phi) is 16.0. The number of carbonyl (C=O) groups is 5. The molecule has 258 valence electrons. The van der Waals surface area contributed by atoms with Crippen molar-refractivity contribution < 1.29 is 48.0 Å². The van der Waals surface area contributed by atoms with E-state index >= 15 is 0 Å². The largest absolute Gasteiger partial charge is 0.494 e. The van der Waals surface area contributed by atoms with Crippen molar-refractivity contribution in [3.8, 4) is 23.0 Å². The van der Waals surface area contributed by atoms with E-state index < -0.39 is 17.9 Å². The number of hydrogen-bond donors (Lipinski definition) is 1. The number of aromatic carboxylic acids is 1. The molecular formula is C39H42O10. The standard InChI is InChI=1S/C39H42O10/c1-3-30(40)13-9-5-7-11-25-46-32-19-15-28(16-20-32)38(44)48-34-23-24-36(35(27-34)37(42)43)49-39(45)29-17-21-33(22-18-29)47-26-12-8-6-10-14-31(41)4-2/h3-4,15-24,27H,1-2,5-14,25-26H2,(H,42,43). The maximum absolute atomic E-state index is 12.8. The lowest BCUT2D eigenvalue weighted by atomic mass is 10.1. The molecule has 0 heterocycles. The van der Waals surface area contributed by atoms with Gasteiger partial charge in [-0.15, -0.1) is 0 Å². The van der Waals surface area contributed by atoms with E-state index in [4.69, 9.17) is 18.9 Å². The van der Waals surface area contributed by atoms with Crippen LogP contribution < -0.4 is 18.9 Å².